The highest BCUT2D eigenvalue weighted by molar-refractivity contribution is 6.03. The van der Waals surface area contributed by atoms with E-state index in [2.05, 4.69) is 10.6 Å². The molecule has 8 heteroatoms. The first kappa shape index (κ1) is 21.8. The number of hydrogen-bond donors (Lipinski definition) is 2. The molecule has 4 rings (SSSR count). The molecule has 0 radical (unpaired) electrons. The van der Waals surface area contributed by atoms with E-state index in [9.17, 15) is 14.4 Å². The van der Waals surface area contributed by atoms with Gasteiger partial charge in [-0.1, -0.05) is 36.4 Å². The topological polar surface area (TPSA) is 91.0 Å². The van der Waals surface area contributed by atoms with E-state index < -0.39 is 12.1 Å². The second kappa shape index (κ2) is 9.82. The number of nitrogens with one attached hydrogen (secondary N) is 2. The molecule has 2 aromatic rings. The molecule has 2 atom stereocenters. The van der Waals surface area contributed by atoms with Gasteiger partial charge < -0.3 is 20.3 Å². The lowest BCUT2D eigenvalue weighted by Crippen LogP contribution is -2.70. The van der Waals surface area contributed by atoms with Gasteiger partial charge in [-0.3, -0.25) is 14.5 Å². The predicted molar refractivity (Wildman–Crippen MR) is 120 cm³/mol. The summed E-state index contributed by atoms with van der Waals surface area (Å²) in [5.74, 6) is 0.111. The van der Waals surface area contributed by atoms with Crippen LogP contribution >= 0.6 is 0 Å². The molecule has 0 saturated carbocycles. The number of anilines is 1. The fraction of sp³-hybridized carbons (Fsp3) is 0.375. The summed E-state index contributed by atoms with van der Waals surface area (Å²) < 4.78 is 5.20. The number of hydrogen-bond acceptors (Lipinski definition) is 5. The Hall–Kier alpha value is -3.39. The number of ether oxygens (including phenoxy) is 1. The lowest BCUT2D eigenvalue weighted by molar-refractivity contribution is -0.138. The number of carbonyl (C=O) groups is 3. The van der Waals surface area contributed by atoms with Gasteiger partial charge >= 0.3 is 6.03 Å². The summed E-state index contributed by atoms with van der Waals surface area (Å²) in [6.45, 7) is 0.881. The first-order chi connectivity index (χ1) is 15.6. The van der Waals surface area contributed by atoms with E-state index in [1.807, 2.05) is 30.3 Å². The highest BCUT2D eigenvalue weighted by atomic mass is 16.5. The molecule has 2 aliphatic heterocycles. The normalized spacial score (nSPS) is 20.7. The Kier molecular flexibility index (Phi) is 6.70. The Morgan fingerprint density at radius 2 is 1.97 bits per heavy atom. The molecule has 4 amide bonds. The molecule has 0 spiro atoms. The summed E-state index contributed by atoms with van der Waals surface area (Å²) in [7, 11) is 1.56. The van der Waals surface area contributed by atoms with Crippen molar-refractivity contribution in [2.75, 3.05) is 32.1 Å². The summed E-state index contributed by atoms with van der Waals surface area (Å²) in [5, 5.41) is 6.08. The number of benzene rings is 2. The van der Waals surface area contributed by atoms with Crippen molar-refractivity contribution in [3.05, 3.63) is 60.2 Å². The Labute approximate surface area is 187 Å². The van der Waals surface area contributed by atoms with E-state index >= 15 is 0 Å². The number of carbonyl (C=O) groups excluding carboxylic acids is 3. The Bertz CT molecular complexity index is 981. The second-order valence-electron chi connectivity index (χ2n) is 8.06. The predicted octanol–water partition coefficient (Wildman–Crippen LogP) is 2.26. The molecular formula is C24H28N4O4. The van der Waals surface area contributed by atoms with Gasteiger partial charge in [-0.25, -0.2) is 4.79 Å². The zero-order valence-corrected chi connectivity index (χ0v) is 18.1. The molecule has 2 N–H and O–H groups in total. The van der Waals surface area contributed by atoms with Gasteiger partial charge in [0.05, 0.1) is 13.2 Å². The van der Waals surface area contributed by atoms with Gasteiger partial charge in [-0.2, -0.15) is 0 Å². The summed E-state index contributed by atoms with van der Waals surface area (Å²) in [6.07, 6.45) is 2.10. The highest BCUT2D eigenvalue weighted by Gasteiger charge is 2.47. The minimum Gasteiger partial charge on any atom is -0.497 e. The van der Waals surface area contributed by atoms with E-state index in [0.717, 1.165) is 18.5 Å². The van der Waals surface area contributed by atoms with Gasteiger partial charge in [-0.15, -0.1) is 0 Å². The molecule has 0 bridgehead atoms. The van der Waals surface area contributed by atoms with Crippen LogP contribution in [0.4, 0.5) is 10.5 Å². The number of urea groups is 1. The minimum absolute atomic E-state index is 0.117. The Morgan fingerprint density at radius 1 is 1.16 bits per heavy atom. The SMILES string of the molecule is COc1cccc(NC(=O)CN2C(=O)N(CCc3ccccc3)C(=O)C3NCCCC32)c1. The highest BCUT2D eigenvalue weighted by Crippen LogP contribution is 2.25. The smallest absolute Gasteiger partial charge is 0.327 e. The molecule has 0 aliphatic carbocycles. The van der Waals surface area contributed by atoms with E-state index in [0.29, 0.717) is 24.3 Å². The largest absolute Gasteiger partial charge is 0.497 e. The number of rotatable bonds is 7. The van der Waals surface area contributed by atoms with E-state index in [4.69, 9.17) is 4.74 Å². The van der Waals surface area contributed by atoms with E-state index in [1.54, 1.807) is 36.3 Å². The number of fused-ring (bicyclic) bond motifs is 1. The van der Waals surface area contributed by atoms with Gasteiger partial charge in [0.1, 0.15) is 18.3 Å². The zero-order valence-electron chi connectivity index (χ0n) is 18.1. The molecule has 0 aromatic heterocycles. The maximum absolute atomic E-state index is 13.3. The van der Waals surface area contributed by atoms with Crippen molar-refractivity contribution < 1.29 is 19.1 Å². The van der Waals surface area contributed by atoms with Crippen LogP contribution in [0, 0.1) is 0 Å². The maximum Gasteiger partial charge on any atom is 0.327 e. The standard InChI is InChI=1S/C24H28N4O4/c1-32-19-10-5-9-18(15-19)26-21(29)16-28-20-11-6-13-25-22(20)23(30)27(24(28)31)14-12-17-7-3-2-4-8-17/h2-5,7-10,15,20,22,25H,6,11-14,16H2,1H3,(H,26,29). The first-order valence-electron chi connectivity index (χ1n) is 10.9. The monoisotopic (exact) mass is 436 g/mol. The fourth-order valence-electron chi connectivity index (χ4n) is 4.35. The van der Waals surface area contributed by atoms with Gasteiger partial charge in [0, 0.05) is 18.3 Å². The van der Waals surface area contributed by atoms with Crippen LogP contribution < -0.4 is 15.4 Å². The molecule has 2 saturated heterocycles. The molecule has 2 aliphatic rings. The third-order valence-corrected chi connectivity index (χ3v) is 5.97. The van der Waals surface area contributed by atoms with Crippen molar-refractivity contribution in [2.45, 2.75) is 31.3 Å². The maximum atomic E-state index is 13.3. The number of methoxy groups -OCH3 is 1. The third kappa shape index (κ3) is 4.75. The van der Waals surface area contributed by atoms with Crippen LogP contribution in [0.3, 0.4) is 0 Å². The van der Waals surface area contributed by atoms with Crippen molar-refractivity contribution in [1.82, 2.24) is 15.1 Å². The van der Waals surface area contributed by atoms with Crippen molar-refractivity contribution in [2.24, 2.45) is 0 Å². The summed E-state index contributed by atoms with van der Waals surface area (Å²) in [4.78, 5) is 42.0. The molecule has 168 valence electrons. The van der Waals surface area contributed by atoms with Crippen LogP contribution in [0.5, 0.6) is 5.75 Å². The van der Waals surface area contributed by atoms with Gasteiger partial charge in [0.25, 0.3) is 0 Å². The van der Waals surface area contributed by atoms with Gasteiger partial charge in [-0.05, 0) is 43.5 Å². The Balaban J connectivity index is 1.48. The molecule has 2 unspecified atom stereocenters. The van der Waals surface area contributed by atoms with Crippen LogP contribution in [0.15, 0.2) is 54.6 Å². The number of amides is 4. The van der Waals surface area contributed by atoms with Crippen LogP contribution in [0.25, 0.3) is 0 Å². The lowest BCUT2D eigenvalue weighted by Gasteiger charge is -2.46. The first-order valence-corrected chi connectivity index (χ1v) is 10.9. The number of nitrogens with zero attached hydrogens (tertiary/aromatic N) is 2. The van der Waals surface area contributed by atoms with Crippen LogP contribution in [0.2, 0.25) is 0 Å². The van der Waals surface area contributed by atoms with E-state index in [1.165, 1.54) is 4.90 Å². The molecule has 2 fully saturated rings. The van der Waals surface area contributed by atoms with Crippen LogP contribution in [-0.2, 0) is 16.0 Å². The summed E-state index contributed by atoms with van der Waals surface area (Å²) in [6, 6.07) is 15.6. The van der Waals surface area contributed by atoms with Crippen LogP contribution in [0.1, 0.15) is 18.4 Å². The van der Waals surface area contributed by atoms with Crippen molar-refractivity contribution in [3.8, 4) is 5.75 Å². The number of piperidine rings is 1. The van der Waals surface area contributed by atoms with Gasteiger partial charge in [0.15, 0.2) is 0 Å². The summed E-state index contributed by atoms with van der Waals surface area (Å²) in [5.41, 5.74) is 1.64. The quantitative estimate of drug-likeness (QED) is 0.695. The average Bonchev–Trinajstić information content (AvgIpc) is 2.82. The van der Waals surface area contributed by atoms with Crippen molar-refractivity contribution >= 4 is 23.5 Å². The minimum atomic E-state index is -0.484. The molecule has 2 aromatic carbocycles. The van der Waals surface area contributed by atoms with Crippen molar-refractivity contribution in [1.29, 1.82) is 0 Å². The van der Waals surface area contributed by atoms with Crippen LogP contribution in [-0.4, -0.2) is 66.5 Å². The molecule has 32 heavy (non-hydrogen) atoms. The third-order valence-electron chi connectivity index (χ3n) is 5.97. The molecule has 8 nitrogen and oxygen atoms in total. The fourth-order valence-corrected chi connectivity index (χ4v) is 4.35. The van der Waals surface area contributed by atoms with E-state index in [-0.39, 0.29) is 30.9 Å². The second-order valence-corrected chi connectivity index (χ2v) is 8.06. The molecule has 2 heterocycles. The van der Waals surface area contributed by atoms with Crippen molar-refractivity contribution in [3.63, 3.8) is 0 Å². The average molecular weight is 437 g/mol. The summed E-state index contributed by atoms with van der Waals surface area (Å²) >= 11 is 0. The zero-order chi connectivity index (χ0) is 22.5. The Morgan fingerprint density at radius 3 is 2.75 bits per heavy atom. The molecular weight excluding hydrogens is 408 g/mol. The van der Waals surface area contributed by atoms with Gasteiger partial charge in [0.2, 0.25) is 11.8 Å². The lowest BCUT2D eigenvalue weighted by atomic mass is 9.93. The number of imide groups is 1.